The maximum absolute atomic E-state index is 13.7. The van der Waals surface area contributed by atoms with Crippen LogP contribution in [0, 0.1) is 6.92 Å². The van der Waals surface area contributed by atoms with E-state index in [1.165, 1.54) is 5.56 Å². The topological polar surface area (TPSA) is 49.4 Å². The van der Waals surface area contributed by atoms with E-state index in [9.17, 15) is 9.59 Å². The number of benzene rings is 4. The van der Waals surface area contributed by atoms with Gasteiger partial charge in [-0.2, -0.15) is 0 Å². The molecule has 182 valence electrons. The van der Waals surface area contributed by atoms with Crippen LogP contribution in [0.1, 0.15) is 40.3 Å². The number of nitrogens with zero attached hydrogens (tertiary/aromatic N) is 1. The molecular weight excluding hydrogens is 444 g/mol. The fraction of sp³-hybridized carbons (Fsp3) is 0.188. The van der Waals surface area contributed by atoms with Gasteiger partial charge in [0.2, 0.25) is 11.8 Å². The summed E-state index contributed by atoms with van der Waals surface area (Å²) in [6.45, 7) is 2.79. The van der Waals surface area contributed by atoms with Crippen LogP contribution in [0.3, 0.4) is 0 Å². The second kappa shape index (κ2) is 12.5. The number of carbonyl (C=O) groups excluding carboxylic acids is 2. The van der Waals surface area contributed by atoms with Crippen LogP contribution in [-0.2, 0) is 29.1 Å². The quantitative estimate of drug-likeness (QED) is 0.305. The first-order valence-corrected chi connectivity index (χ1v) is 12.4. The molecule has 0 radical (unpaired) electrons. The highest BCUT2D eigenvalue weighted by Gasteiger charge is 2.31. The lowest BCUT2D eigenvalue weighted by molar-refractivity contribution is -0.141. The zero-order valence-electron chi connectivity index (χ0n) is 20.6. The van der Waals surface area contributed by atoms with Crippen LogP contribution in [0.25, 0.3) is 0 Å². The maximum atomic E-state index is 13.7. The van der Waals surface area contributed by atoms with E-state index >= 15 is 0 Å². The van der Waals surface area contributed by atoms with Crippen molar-refractivity contribution in [2.24, 2.45) is 0 Å². The van der Waals surface area contributed by atoms with Crippen molar-refractivity contribution < 1.29 is 9.59 Å². The molecule has 2 amide bonds. The molecule has 0 aliphatic rings. The number of nitrogens with one attached hydrogen (secondary N) is 1. The first kappa shape index (κ1) is 24.9. The highest BCUT2D eigenvalue weighted by Crippen LogP contribution is 2.25. The minimum absolute atomic E-state index is 0.0537. The number of carbonyl (C=O) groups is 2. The Bertz CT molecular complexity index is 1240. The molecule has 4 aromatic rings. The molecule has 0 bridgehead atoms. The fourth-order valence-electron chi connectivity index (χ4n) is 4.24. The summed E-state index contributed by atoms with van der Waals surface area (Å²) in [5, 5.41) is 3.08. The van der Waals surface area contributed by atoms with Crippen molar-refractivity contribution in [3.8, 4) is 0 Å². The number of amides is 2. The molecule has 4 aromatic carbocycles. The Hall–Kier alpha value is -4.18. The van der Waals surface area contributed by atoms with Crippen LogP contribution in [0.15, 0.2) is 115 Å². The molecule has 0 heterocycles. The van der Waals surface area contributed by atoms with Crippen LogP contribution in [0.2, 0.25) is 0 Å². The third kappa shape index (κ3) is 6.92. The molecule has 36 heavy (non-hydrogen) atoms. The lowest BCUT2D eigenvalue weighted by atomic mass is 10.0. The average Bonchev–Trinajstić information content (AvgIpc) is 2.93. The summed E-state index contributed by atoms with van der Waals surface area (Å²) in [5.41, 5.74) is 5.07. The Morgan fingerprint density at radius 1 is 0.694 bits per heavy atom. The Kier molecular flexibility index (Phi) is 8.66. The van der Waals surface area contributed by atoms with Gasteiger partial charge in [0.1, 0.15) is 6.04 Å². The molecule has 0 saturated heterocycles. The van der Waals surface area contributed by atoms with E-state index in [0.29, 0.717) is 25.9 Å². The van der Waals surface area contributed by atoms with Crippen molar-refractivity contribution in [1.82, 2.24) is 10.2 Å². The van der Waals surface area contributed by atoms with Gasteiger partial charge >= 0.3 is 0 Å². The predicted molar refractivity (Wildman–Crippen MR) is 144 cm³/mol. The van der Waals surface area contributed by atoms with Crippen molar-refractivity contribution in [3.63, 3.8) is 0 Å². The SMILES string of the molecule is Cc1ccc(CNC(=O)[C@@H](c2ccccc2)N(Cc2ccccc2)C(=O)CCc2ccccc2)cc1. The molecule has 0 aliphatic heterocycles. The molecule has 1 atom stereocenters. The zero-order valence-corrected chi connectivity index (χ0v) is 20.6. The lowest BCUT2D eigenvalue weighted by Gasteiger charge is -2.32. The standard InChI is InChI=1S/C32H32N2O2/c1-25-17-19-27(20-18-25)23-33-32(36)31(29-15-9-4-10-16-29)34(24-28-13-7-3-8-14-28)30(35)22-21-26-11-5-2-6-12-26/h2-20,31H,21-24H2,1H3,(H,33,36)/t31-/m1/s1. The second-order valence-electron chi connectivity index (χ2n) is 9.01. The van der Waals surface area contributed by atoms with Crippen molar-refractivity contribution in [2.45, 2.75) is 38.9 Å². The van der Waals surface area contributed by atoms with Crippen LogP contribution >= 0.6 is 0 Å². The van der Waals surface area contributed by atoms with Gasteiger partial charge in [0.15, 0.2) is 0 Å². The van der Waals surface area contributed by atoms with Crippen LogP contribution in [0.4, 0.5) is 0 Å². The van der Waals surface area contributed by atoms with Crippen LogP contribution < -0.4 is 5.32 Å². The number of hydrogen-bond donors (Lipinski definition) is 1. The average molecular weight is 477 g/mol. The third-order valence-corrected chi connectivity index (χ3v) is 6.25. The molecule has 4 nitrogen and oxygen atoms in total. The lowest BCUT2D eigenvalue weighted by Crippen LogP contribution is -2.43. The van der Waals surface area contributed by atoms with Crippen molar-refractivity contribution in [2.75, 3.05) is 0 Å². The summed E-state index contributed by atoms with van der Waals surface area (Å²) >= 11 is 0. The van der Waals surface area contributed by atoms with E-state index < -0.39 is 6.04 Å². The van der Waals surface area contributed by atoms with Crippen molar-refractivity contribution in [3.05, 3.63) is 143 Å². The maximum Gasteiger partial charge on any atom is 0.247 e. The Morgan fingerprint density at radius 2 is 1.25 bits per heavy atom. The normalized spacial score (nSPS) is 11.5. The number of hydrogen-bond acceptors (Lipinski definition) is 2. The first-order chi connectivity index (χ1) is 17.6. The zero-order chi connectivity index (χ0) is 25.2. The smallest absolute Gasteiger partial charge is 0.247 e. The molecule has 0 fully saturated rings. The summed E-state index contributed by atoms with van der Waals surface area (Å²) in [7, 11) is 0. The molecule has 1 N–H and O–H groups in total. The van der Waals surface area contributed by atoms with Crippen LogP contribution in [0.5, 0.6) is 0 Å². The summed E-state index contributed by atoms with van der Waals surface area (Å²) in [5.74, 6) is -0.243. The summed E-state index contributed by atoms with van der Waals surface area (Å²) in [6, 6.07) is 36.7. The summed E-state index contributed by atoms with van der Waals surface area (Å²) in [4.78, 5) is 29.1. The molecule has 0 unspecified atom stereocenters. The van der Waals surface area contributed by atoms with Gasteiger partial charge < -0.3 is 10.2 Å². The molecule has 0 aromatic heterocycles. The molecule has 0 spiro atoms. The van der Waals surface area contributed by atoms with Gasteiger partial charge in [-0.05, 0) is 35.6 Å². The fourth-order valence-corrected chi connectivity index (χ4v) is 4.24. The van der Waals surface area contributed by atoms with E-state index in [2.05, 4.69) is 5.32 Å². The predicted octanol–water partition coefficient (Wildman–Crippen LogP) is 6.01. The number of aryl methyl sites for hydroxylation is 2. The van der Waals surface area contributed by atoms with Crippen molar-refractivity contribution in [1.29, 1.82) is 0 Å². The Morgan fingerprint density at radius 3 is 1.86 bits per heavy atom. The van der Waals surface area contributed by atoms with Crippen LogP contribution in [-0.4, -0.2) is 16.7 Å². The number of rotatable bonds is 10. The summed E-state index contributed by atoms with van der Waals surface area (Å²) < 4.78 is 0. The van der Waals surface area contributed by atoms with Gasteiger partial charge in [0, 0.05) is 19.5 Å². The minimum atomic E-state index is -0.736. The van der Waals surface area contributed by atoms with Gasteiger partial charge in [0.25, 0.3) is 0 Å². The van der Waals surface area contributed by atoms with E-state index in [1.54, 1.807) is 4.90 Å². The van der Waals surface area contributed by atoms with E-state index in [1.807, 2.05) is 122 Å². The minimum Gasteiger partial charge on any atom is -0.350 e. The Balaban J connectivity index is 1.61. The van der Waals surface area contributed by atoms with E-state index in [0.717, 1.165) is 22.3 Å². The summed E-state index contributed by atoms with van der Waals surface area (Å²) in [6.07, 6.45) is 0.947. The molecule has 0 aliphatic carbocycles. The van der Waals surface area contributed by atoms with Gasteiger partial charge in [-0.1, -0.05) is 121 Å². The highest BCUT2D eigenvalue weighted by molar-refractivity contribution is 5.88. The Labute approximate surface area is 213 Å². The van der Waals surface area contributed by atoms with E-state index in [-0.39, 0.29) is 11.8 Å². The van der Waals surface area contributed by atoms with Gasteiger partial charge in [-0.15, -0.1) is 0 Å². The molecule has 4 rings (SSSR count). The first-order valence-electron chi connectivity index (χ1n) is 12.4. The molecular formula is C32H32N2O2. The van der Waals surface area contributed by atoms with Gasteiger partial charge in [-0.25, -0.2) is 0 Å². The van der Waals surface area contributed by atoms with Crippen molar-refractivity contribution >= 4 is 11.8 Å². The van der Waals surface area contributed by atoms with Gasteiger partial charge in [0.05, 0.1) is 0 Å². The monoisotopic (exact) mass is 476 g/mol. The van der Waals surface area contributed by atoms with E-state index in [4.69, 9.17) is 0 Å². The largest absolute Gasteiger partial charge is 0.350 e. The third-order valence-electron chi connectivity index (χ3n) is 6.25. The molecule has 4 heteroatoms. The molecule has 0 saturated carbocycles. The highest BCUT2D eigenvalue weighted by atomic mass is 16.2. The van der Waals surface area contributed by atoms with Gasteiger partial charge in [-0.3, -0.25) is 9.59 Å². The second-order valence-corrected chi connectivity index (χ2v) is 9.01.